The van der Waals surface area contributed by atoms with Crippen molar-refractivity contribution in [3.63, 3.8) is 0 Å². The highest BCUT2D eigenvalue weighted by Gasteiger charge is 2.38. The van der Waals surface area contributed by atoms with E-state index in [0.717, 1.165) is 0 Å². The fourth-order valence-electron chi connectivity index (χ4n) is 2.34. The lowest BCUT2D eigenvalue weighted by Gasteiger charge is -2.34. The number of fused-ring (bicyclic) bond motifs is 1. The Kier molecular flexibility index (Phi) is 3.75. The van der Waals surface area contributed by atoms with Crippen LogP contribution >= 0.6 is 0 Å². The normalized spacial score (nSPS) is 15.4. The first kappa shape index (κ1) is 15.8. The van der Waals surface area contributed by atoms with Crippen molar-refractivity contribution < 1.29 is 18.3 Å². The molecule has 21 heavy (non-hydrogen) atoms. The molecule has 1 N–H and O–H groups in total. The molecule has 0 aliphatic carbocycles. The van der Waals surface area contributed by atoms with E-state index in [1.54, 1.807) is 12.1 Å². The van der Waals surface area contributed by atoms with E-state index in [1.165, 1.54) is 21.7 Å². The molecule has 1 aromatic rings. The van der Waals surface area contributed by atoms with Crippen LogP contribution in [0.4, 0.5) is 5.69 Å². The second-order valence-electron chi connectivity index (χ2n) is 6.08. The maximum atomic E-state index is 12.7. The summed E-state index contributed by atoms with van der Waals surface area (Å²) in [6, 6.07) is 4.74. The molecule has 1 aromatic carbocycles. The monoisotopic (exact) mass is 312 g/mol. The molecule has 0 radical (unpaired) electrons. The minimum absolute atomic E-state index is 0.170. The SMILES string of the molecule is CN(C(C)(C)C)S(=O)(=O)N1CCc2c(C(=O)O)cccc21. The highest BCUT2D eigenvalue weighted by Crippen LogP contribution is 2.34. The summed E-state index contributed by atoms with van der Waals surface area (Å²) in [6.07, 6.45) is 0.412. The molecule has 0 amide bonds. The molecular weight excluding hydrogens is 292 g/mol. The summed E-state index contributed by atoms with van der Waals surface area (Å²) in [7, 11) is -2.14. The van der Waals surface area contributed by atoms with Gasteiger partial charge in [-0.3, -0.25) is 4.31 Å². The Morgan fingerprint density at radius 2 is 1.95 bits per heavy atom. The first-order valence-corrected chi connectivity index (χ1v) is 8.08. The Labute approximate surface area is 125 Å². The molecule has 0 bridgehead atoms. The molecule has 0 atom stereocenters. The molecule has 7 heteroatoms. The largest absolute Gasteiger partial charge is 0.478 e. The number of carboxylic acids is 1. The van der Waals surface area contributed by atoms with E-state index < -0.39 is 21.7 Å². The topological polar surface area (TPSA) is 77.9 Å². The van der Waals surface area contributed by atoms with Gasteiger partial charge in [0, 0.05) is 19.1 Å². The van der Waals surface area contributed by atoms with Gasteiger partial charge in [0.1, 0.15) is 0 Å². The molecular formula is C14H20N2O4S. The maximum absolute atomic E-state index is 12.7. The average Bonchev–Trinajstić information content (AvgIpc) is 2.80. The van der Waals surface area contributed by atoms with E-state index >= 15 is 0 Å². The Bertz CT molecular complexity index is 677. The zero-order chi connectivity index (χ0) is 16.0. The molecule has 1 aliphatic rings. The van der Waals surface area contributed by atoms with E-state index in [2.05, 4.69) is 0 Å². The standard InChI is InChI=1S/C14H20N2O4S/c1-14(2,3)15(4)21(19,20)16-9-8-10-11(13(17)18)6-5-7-12(10)16/h5-7H,8-9H2,1-4H3,(H,17,18). The molecule has 0 spiro atoms. The predicted octanol–water partition coefficient (Wildman–Crippen LogP) is 1.72. The van der Waals surface area contributed by atoms with E-state index in [9.17, 15) is 18.3 Å². The number of hydrogen-bond donors (Lipinski definition) is 1. The highest BCUT2D eigenvalue weighted by atomic mass is 32.2. The number of rotatable bonds is 3. The molecule has 2 rings (SSSR count). The minimum Gasteiger partial charge on any atom is -0.478 e. The molecule has 6 nitrogen and oxygen atoms in total. The zero-order valence-electron chi connectivity index (χ0n) is 12.6. The third-order valence-corrected chi connectivity index (χ3v) is 5.96. The molecule has 0 aromatic heterocycles. The third kappa shape index (κ3) is 2.63. The maximum Gasteiger partial charge on any atom is 0.336 e. The average molecular weight is 312 g/mol. The van der Waals surface area contributed by atoms with Crippen molar-refractivity contribution in [2.45, 2.75) is 32.7 Å². The summed E-state index contributed by atoms with van der Waals surface area (Å²) in [6.45, 7) is 5.71. The van der Waals surface area contributed by atoms with E-state index in [1.807, 2.05) is 20.8 Å². The number of anilines is 1. The van der Waals surface area contributed by atoms with Gasteiger partial charge in [-0.05, 0) is 44.9 Å². The van der Waals surface area contributed by atoms with Gasteiger partial charge in [0.15, 0.2) is 0 Å². The summed E-state index contributed by atoms with van der Waals surface area (Å²) in [5, 5.41) is 9.20. The first-order valence-electron chi connectivity index (χ1n) is 6.68. The summed E-state index contributed by atoms with van der Waals surface area (Å²) in [5.41, 5.74) is 0.664. The molecule has 0 unspecified atom stereocenters. The minimum atomic E-state index is -3.68. The van der Waals surface area contributed by atoms with Crippen molar-refractivity contribution in [1.82, 2.24) is 4.31 Å². The van der Waals surface area contributed by atoms with Gasteiger partial charge in [-0.2, -0.15) is 12.7 Å². The van der Waals surface area contributed by atoms with Crippen molar-refractivity contribution in [1.29, 1.82) is 0 Å². The van der Waals surface area contributed by atoms with Crippen LogP contribution in [-0.4, -0.2) is 42.9 Å². The Balaban J connectivity index is 2.49. The number of aromatic carboxylic acids is 1. The van der Waals surface area contributed by atoms with Crippen molar-refractivity contribution in [2.24, 2.45) is 0 Å². The van der Waals surface area contributed by atoms with Crippen molar-refractivity contribution in [3.05, 3.63) is 29.3 Å². The number of benzene rings is 1. The summed E-state index contributed by atoms with van der Waals surface area (Å²) in [4.78, 5) is 11.2. The lowest BCUT2D eigenvalue weighted by Crippen LogP contribution is -2.49. The Morgan fingerprint density at radius 1 is 1.33 bits per heavy atom. The molecule has 0 saturated carbocycles. The van der Waals surface area contributed by atoms with Crippen LogP contribution in [0.3, 0.4) is 0 Å². The van der Waals surface area contributed by atoms with Crippen molar-refractivity contribution >= 4 is 21.9 Å². The second-order valence-corrected chi connectivity index (χ2v) is 7.96. The smallest absolute Gasteiger partial charge is 0.336 e. The zero-order valence-corrected chi connectivity index (χ0v) is 13.4. The third-order valence-electron chi connectivity index (χ3n) is 3.78. The Hall–Kier alpha value is -1.60. The molecule has 116 valence electrons. The van der Waals surface area contributed by atoms with Gasteiger partial charge in [0.05, 0.1) is 11.3 Å². The van der Waals surface area contributed by atoms with Crippen LogP contribution in [0.2, 0.25) is 0 Å². The van der Waals surface area contributed by atoms with Crippen LogP contribution in [-0.2, 0) is 16.6 Å². The fourth-order valence-corrected chi connectivity index (χ4v) is 4.07. The van der Waals surface area contributed by atoms with Gasteiger partial charge in [-0.25, -0.2) is 4.79 Å². The van der Waals surface area contributed by atoms with E-state index in [0.29, 0.717) is 17.7 Å². The number of nitrogens with zero attached hydrogens (tertiary/aromatic N) is 2. The van der Waals surface area contributed by atoms with Crippen molar-refractivity contribution in [2.75, 3.05) is 17.9 Å². The van der Waals surface area contributed by atoms with Gasteiger partial charge < -0.3 is 5.11 Å². The van der Waals surface area contributed by atoms with Crippen LogP contribution in [0.5, 0.6) is 0 Å². The van der Waals surface area contributed by atoms with E-state index in [-0.39, 0.29) is 12.1 Å². The van der Waals surface area contributed by atoms with Crippen LogP contribution in [0.25, 0.3) is 0 Å². The van der Waals surface area contributed by atoms with Crippen LogP contribution in [0, 0.1) is 0 Å². The Morgan fingerprint density at radius 3 is 2.48 bits per heavy atom. The molecule has 1 heterocycles. The first-order chi connectivity index (χ1) is 9.56. The summed E-state index contributed by atoms with van der Waals surface area (Å²) >= 11 is 0. The van der Waals surface area contributed by atoms with Gasteiger partial charge >= 0.3 is 16.2 Å². The molecule has 0 fully saturated rings. The molecule has 0 saturated heterocycles. The number of carbonyl (C=O) groups is 1. The fraction of sp³-hybridized carbons (Fsp3) is 0.500. The lowest BCUT2D eigenvalue weighted by atomic mass is 10.1. The quantitative estimate of drug-likeness (QED) is 0.922. The van der Waals surface area contributed by atoms with Gasteiger partial charge in [-0.1, -0.05) is 6.07 Å². The van der Waals surface area contributed by atoms with Crippen LogP contribution < -0.4 is 4.31 Å². The summed E-state index contributed by atoms with van der Waals surface area (Å²) < 4.78 is 28.1. The second kappa shape index (κ2) is 4.99. The molecule has 1 aliphatic heterocycles. The van der Waals surface area contributed by atoms with Gasteiger partial charge in [0.2, 0.25) is 0 Å². The van der Waals surface area contributed by atoms with Crippen LogP contribution in [0.1, 0.15) is 36.7 Å². The van der Waals surface area contributed by atoms with Crippen LogP contribution in [0.15, 0.2) is 18.2 Å². The van der Waals surface area contributed by atoms with Gasteiger partial charge in [-0.15, -0.1) is 0 Å². The highest BCUT2D eigenvalue weighted by molar-refractivity contribution is 7.90. The van der Waals surface area contributed by atoms with Gasteiger partial charge in [0.25, 0.3) is 0 Å². The predicted molar refractivity (Wildman–Crippen MR) is 80.9 cm³/mol. The number of hydrogen-bond acceptors (Lipinski definition) is 3. The summed E-state index contributed by atoms with van der Waals surface area (Å²) in [5.74, 6) is -1.03. The van der Waals surface area contributed by atoms with E-state index in [4.69, 9.17) is 0 Å². The number of carboxylic acid groups (broad SMARTS) is 1. The lowest BCUT2D eigenvalue weighted by molar-refractivity contribution is 0.0696. The van der Waals surface area contributed by atoms with Crippen molar-refractivity contribution in [3.8, 4) is 0 Å².